The highest BCUT2D eigenvalue weighted by Crippen LogP contribution is 2.09. The molecule has 6 heteroatoms. The van der Waals surface area contributed by atoms with Gasteiger partial charge in [0, 0.05) is 10.3 Å². The van der Waals surface area contributed by atoms with Gasteiger partial charge in [0.25, 0.3) is 10.1 Å². The minimum absolute atomic E-state index is 0.101. The Hall–Kier alpha value is -0.980. The third-order valence-electron chi connectivity index (χ3n) is 1.85. The van der Waals surface area contributed by atoms with Gasteiger partial charge in [-0.25, -0.2) is 4.21 Å². The summed E-state index contributed by atoms with van der Waals surface area (Å²) in [6.45, 7) is 1.85. The Morgan fingerprint density at radius 1 is 1.29 bits per heavy atom. The Morgan fingerprint density at radius 3 is 2.41 bits per heavy atom. The van der Waals surface area contributed by atoms with Crippen LogP contribution >= 0.6 is 0 Å². The minimum atomic E-state index is -3.44. The van der Waals surface area contributed by atoms with Gasteiger partial charge in [0.1, 0.15) is 0 Å². The highest BCUT2D eigenvalue weighted by molar-refractivity contribution is 7.88. The monoisotopic (exact) mass is 274 g/mol. The van der Waals surface area contributed by atoms with Gasteiger partial charge in [-0.1, -0.05) is 17.7 Å². The van der Waals surface area contributed by atoms with Crippen molar-refractivity contribution in [1.82, 2.24) is 0 Å². The van der Waals surface area contributed by atoms with E-state index in [4.69, 9.17) is 0 Å². The van der Waals surface area contributed by atoms with Gasteiger partial charge < -0.3 is 0 Å². The maximum atomic E-state index is 11.7. The molecule has 0 amide bonds. The second kappa shape index (κ2) is 6.09. The summed E-state index contributed by atoms with van der Waals surface area (Å²) in [5, 5.41) is 1.41. The maximum absolute atomic E-state index is 11.7. The molecule has 0 aliphatic rings. The van der Waals surface area contributed by atoms with Crippen molar-refractivity contribution in [3.8, 4) is 0 Å². The van der Waals surface area contributed by atoms with Crippen molar-refractivity contribution in [3.05, 3.63) is 41.3 Å². The quantitative estimate of drug-likeness (QED) is 0.765. The van der Waals surface area contributed by atoms with Gasteiger partial charge in [0.2, 0.25) is 0 Å². The van der Waals surface area contributed by atoms with Gasteiger partial charge in [-0.3, -0.25) is 4.18 Å². The van der Waals surface area contributed by atoms with Gasteiger partial charge in [-0.15, -0.1) is 0 Å². The molecule has 1 unspecified atom stereocenters. The van der Waals surface area contributed by atoms with E-state index >= 15 is 0 Å². The summed E-state index contributed by atoms with van der Waals surface area (Å²) in [7, 11) is -4.72. The normalized spacial score (nSPS) is 14.0. The third kappa shape index (κ3) is 5.76. The fraction of sp³-hybridized carbons (Fsp3) is 0.273. The first kappa shape index (κ1) is 14.1. The molecule has 4 nitrogen and oxygen atoms in total. The van der Waals surface area contributed by atoms with Crippen LogP contribution in [0.4, 0.5) is 0 Å². The van der Waals surface area contributed by atoms with Crippen LogP contribution in [0.3, 0.4) is 0 Å². The van der Waals surface area contributed by atoms with E-state index in [-0.39, 0.29) is 6.61 Å². The molecule has 0 saturated carbocycles. The van der Waals surface area contributed by atoms with Crippen LogP contribution in [0.15, 0.2) is 40.6 Å². The summed E-state index contributed by atoms with van der Waals surface area (Å²) in [5.41, 5.74) is 1.09. The Balaban J connectivity index is 2.55. The van der Waals surface area contributed by atoms with E-state index in [1.807, 2.05) is 19.1 Å². The number of rotatable bonds is 5. The summed E-state index contributed by atoms with van der Waals surface area (Å²) < 4.78 is 37.5. The lowest BCUT2D eigenvalue weighted by Gasteiger charge is -1.98. The number of hydrogen-bond acceptors (Lipinski definition) is 4. The first-order chi connectivity index (χ1) is 7.88. The molecule has 1 aromatic rings. The lowest BCUT2D eigenvalue weighted by atomic mass is 10.2. The predicted molar refractivity (Wildman–Crippen MR) is 67.5 cm³/mol. The van der Waals surface area contributed by atoms with Gasteiger partial charge in [0.15, 0.2) is 0 Å². The summed E-state index contributed by atoms with van der Waals surface area (Å²) in [5.74, 6) is 0. The molecule has 1 aromatic carbocycles. The second-order valence-corrected chi connectivity index (χ2v) is 6.45. The molecule has 0 fully saturated rings. The average Bonchev–Trinajstić information content (AvgIpc) is 2.24. The Labute approximate surface area is 104 Å². The highest BCUT2D eigenvalue weighted by atomic mass is 32.2. The molecule has 0 N–H and O–H groups in total. The van der Waals surface area contributed by atoms with E-state index in [0.29, 0.717) is 4.90 Å². The molecule has 17 heavy (non-hydrogen) atoms. The standard InChI is InChI=1S/C11H14O4S2/c1-10-4-6-11(7-5-10)16(12)9-3-8-15-17(2,13)14/h3-7,9H,8H2,1-2H3/b9-3+. The minimum Gasteiger partial charge on any atom is -0.266 e. The van der Waals surface area contributed by atoms with Crippen molar-refractivity contribution in [3.63, 3.8) is 0 Å². The van der Waals surface area contributed by atoms with E-state index in [1.165, 1.54) is 11.5 Å². The fourth-order valence-electron chi connectivity index (χ4n) is 1.04. The average molecular weight is 274 g/mol. The van der Waals surface area contributed by atoms with Gasteiger partial charge in [-0.2, -0.15) is 8.42 Å². The zero-order valence-electron chi connectivity index (χ0n) is 9.62. The van der Waals surface area contributed by atoms with Crippen molar-refractivity contribution in [2.24, 2.45) is 0 Å². The van der Waals surface area contributed by atoms with Crippen LogP contribution in [0.5, 0.6) is 0 Å². The molecule has 1 atom stereocenters. The SMILES string of the molecule is Cc1ccc(S(=O)/C=C/COS(C)(=O)=O)cc1. The highest BCUT2D eigenvalue weighted by Gasteiger charge is 2.00. The maximum Gasteiger partial charge on any atom is 0.264 e. The summed E-state index contributed by atoms with van der Waals surface area (Å²) in [6.07, 6.45) is 2.40. The van der Waals surface area contributed by atoms with E-state index in [1.54, 1.807) is 12.1 Å². The summed E-state index contributed by atoms with van der Waals surface area (Å²) >= 11 is 0. The van der Waals surface area contributed by atoms with Gasteiger partial charge in [-0.05, 0) is 25.1 Å². The third-order valence-corrected chi connectivity index (χ3v) is 3.59. The van der Waals surface area contributed by atoms with Crippen LogP contribution in [0.1, 0.15) is 5.56 Å². The van der Waals surface area contributed by atoms with E-state index < -0.39 is 20.9 Å². The molecule has 0 saturated heterocycles. The Morgan fingerprint density at radius 2 is 1.88 bits per heavy atom. The Kier molecular flexibility index (Phi) is 5.04. The molecular formula is C11H14O4S2. The van der Waals surface area contributed by atoms with Gasteiger partial charge in [0.05, 0.1) is 23.7 Å². The lowest BCUT2D eigenvalue weighted by Crippen LogP contribution is -2.02. The van der Waals surface area contributed by atoms with Gasteiger partial charge >= 0.3 is 0 Å². The first-order valence-electron chi connectivity index (χ1n) is 4.87. The second-order valence-electron chi connectivity index (χ2n) is 3.47. The van der Waals surface area contributed by atoms with E-state index in [2.05, 4.69) is 4.18 Å². The zero-order valence-corrected chi connectivity index (χ0v) is 11.3. The molecule has 0 spiro atoms. The van der Waals surface area contributed by atoms with Crippen LogP contribution in [-0.4, -0.2) is 25.5 Å². The van der Waals surface area contributed by atoms with Crippen molar-refractivity contribution in [2.45, 2.75) is 11.8 Å². The largest absolute Gasteiger partial charge is 0.266 e. The topological polar surface area (TPSA) is 60.4 Å². The number of hydrogen-bond donors (Lipinski definition) is 0. The van der Waals surface area contributed by atoms with E-state index in [0.717, 1.165) is 11.8 Å². The molecule has 0 radical (unpaired) electrons. The zero-order chi connectivity index (χ0) is 12.9. The van der Waals surface area contributed by atoms with Crippen molar-refractivity contribution in [2.75, 3.05) is 12.9 Å². The molecule has 0 bridgehead atoms. The predicted octanol–water partition coefficient (Wildman–Crippen LogP) is 1.59. The molecule has 94 valence electrons. The molecular weight excluding hydrogens is 260 g/mol. The van der Waals surface area contributed by atoms with Crippen LogP contribution in [0.2, 0.25) is 0 Å². The molecule has 0 aromatic heterocycles. The molecule has 0 aliphatic heterocycles. The number of benzene rings is 1. The first-order valence-corrected chi connectivity index (χ1v) is 7.90. The fourth-order valence-corrected chi connectivity index (χ4v) is 2.18. The smallest absolute Gasteiger partial charge is 0.264 e. The van der Waals surface area contributed by atoms with Crippen LogP contribution in [-0.2, 0) is 25.1 Å². The number of aryl methyl sites for hydroxylation is 1. The molecule has 1 rings (SSSR count). The molecule has 0 aliphatic carbocycles. The van der Waals surface area contributed by atoms with Crippen LogP contribution in [0, 0.1) is 6.92 Å². The van der Waals surface area contributed by atoms with Crippen molar-refractivity contribution < 1.29 is 16.8 Å². The van der Waals surface area contributed by atoms with Crippen molar-refractivity contribution in [1.29, 1.82) is 0 Å². The molecule has 0 heterocycles. The van der Waals surface area contributed by atoms with Crippen LogP contribution in [0.25, 0.3) is 0 Å². The van der Waals surface area contributed by atoms with Crippen molar-refractivity contribution >= 4 is 20.9 Å². The lowest BCUT2D eigenvalue weighted by molar-refractivity contribution is 0.362. The van der Waals surface area contributed by atoms with E-state index in [9.17, 15) is 12.6 Å². The summed E-state index contributed by atoms with van der Waals surface area (Å²) in [4.78, 5) is 0.672. The Bertz CT molecular complexity index is 515. The van der Waals surface area contributed by atoms with Crippen LogP contribution < -0.4 is 0 Å². The summed E-state index contributed by atoms with van der Waals surface area (Å²) in [6, 6.07) is 7.28.